The average Bonchev–Trinajstić information content (AvgIpc) is 2.75. The second kappa shape index (κ2) is 9.70. The van der Waals surface area contributed by atoms with Gasteiger partial charge in [0.2, 0.25) is 5.83 Å². The van der Waals surface area contributed by atoms with E-state index in [-0.39, 0.29) is 0 Å². The van der Waals surface area contributed by atoms with E-state index in [0.29, 0.717) is 0 Å². The molecule has 0 atom stereocenters. The maximum atomic E-state index is 13.6. The molecular formula is C13HF25O3S. The molecule has 252 valence electrons. The van der Waals surface area contributed by atoms with Crippen LogP contribution >= 0.6 is 0 Å². The van der Waals surface area contributed by atoms with E-state index in [1.54, 1.807) is 0 Å². The molecule has 0 unspecified atom stereocenters. The zero-order valence-corrected chi connectivity index (χ0v) is 18.4. The maximum Gasteiger partial charge on any atom is 0.460 e. The average molecular weight is 712 g/mol. The molecule has 0 aliphatic carbocycles. The van der Waals surface area contributed by atoms with Crippen molar-refractivity contribution in [3.63, 3.8) is 0 Å². The van der Waals surface area contributed by atoms with E-state index < -0.39 is 86.5 Å². The van der Waals surface area contributed by atoms with Crippen LogP contribution in [0.2, 0.25) is 0 Å². The fourth-order valence-electron chi connectivity index (χ4n) is 2.13. The van der Waals surface area contributed by atoms with Crippen molar-refractivity contribution < 1.29 is 123 Å². The summed E-state index contributed by atoms with van der Waals surface area (Å²) in [6.45, 7) is 0. The molecular weight excluding hydrogens is 711 g/mol. The molecule has 0 aliphatic rings. The van der Waals surface area contributed by atoms with Gasteiger partial charge in [0.05, 0.1) is 0 Å². The van der Waals surface area contributed by atoms with E-state index in [2.05, 4.69) is 0 Å². The summed E-state index contributed by atoms with van der Waals surface area (Å²) in [7, 11) is -7.22. The van der Waals surface area contributed by atoms with Gasteiger partial charge < -0.3 is 0 Å². The van der Waals surface area contributed by atoms with Crippen LogP contribution in [0, 0.1) is 0 Å². The van der Waals surface area contributed by atoms with Crippen LogP contribution in [0.1, 0.15) is 0 Å². The minimum Gasteiger partial charge on any atom is -0.280 e. The predicted octanol–water partition coefficient (Wildman–Crippen LogP) is 7.90. The lowest BCUT2D eigenvalue weighted by atomic mass is 9.85. The monoisotopic (exact) mass is 712 g/mol. The van der Waals surface area contributed by atoms with Crippen LogP contribution in [-0.2, 0) is 10.1 Å². The Morgan fingerprint density at radius 3 is 0.762 bits per heavy atom. The van der Waals surface area contributed by atoms with Gasteiger partial charge >= 0.3 is 75.5 Å². The van der Waals surface area contributed by atoms with E-state index in [0.717, 1.165) is 0 Å². The Balaban J connectivity index is 7.47. The predicted molar refractivity (Wildman–Crippen MR) is 76.3 cm³/mol. The van der Waals surface area contributed by atoms with E-state index in [1.165, 1.54) is 0 Å². The van der Waals surface area contributed by atoms with Crippen molar-refractivity contribution >= 4 is 10.1 Å². The summed E-state index contributed by atoms with van der Waals surface area (Å²) in [5.74, 6) is -98.0. The minimum absolute atomic E-state index is 4.72. The first-order valence-corrected chi connectivity index (χ1v) is 9.88. The van der Waals surface area contributed by atoms with Gasteiger partial charge in [0, 0.05) is 0 Å². The van der Waals surface area contributed by atoms with Crippen molar-refractivity contribution in [1.29, 1.82) is 0 Å². The van der Waals surface area contributed by atoms with Gasteiger partial charge in [0.25, 0.3) is 5.16 Å². The lowest BCUT2D eigenvalue weighted by molar-refractivity contribution is -0.478. The molecule has 0 aromatic rings. The highest BCUT2D eigenvalue weighted by Crippen LogP contribution is 2.67. The summed E-state index contributed by atoms with van der Waals surface area (Å²) >= 11 is 0. The standard InChI is InChI=1S/C13HF25O3S/c14-1(2(15)42(39,40)41)3(16,17)4(18,19)5(20,21)6(22,23)7(24,25)8(26,27)9(28,29)10(30,31)11(32,33)12(34,35)13(36,37)38/h(H,39,40,41)/b2-1-. The van der Waals surface area contributed by atoms with Crippen molar-refractivity contribution in [2.75, 3.05) is 0 Å². The van der Waals surface area contributed by atoms with Crippen molar-refractivity contribution in [3.05, 3.63) is 11.0 Å². The highest BCUT2D eigenvalue weighted by Gasteiger charge is 2.99. The molecule has 0 rings (SSSR count). The quantitative estimate of drug-likeness (QED) is 0.175. The van der Waals surface area contributed by atoms with Crippen molar-refractivity contribution in [2.24, 2.45) is 0 Å². The molecule has 0 fully saturated rings. The summed E-state index contributed by atoms with van der Waals surface area (Å²) < 4.78 is 356. The molecule has 0 aromatic heterocycles. The topological polar surface area (TPSA) is 54.4 Å². The number of hydrogen-bond acceptors (Lipinski definition) is 2. The molecule has 0 saturated heterocycles. The Hall–Kier alpha value is -2.10. The van der Waals surface area contributed by atoms with Crippen molar-refractivity contribution in [2.45, 2.75) is 65.4 Å². The molecule has 0 bridgehead atoms. The summed E-state index contributed by atoms with van der Waals surface area (Å²) in [6.07, 6.45) is -8.21. The first-order chi connectivity index (χ1) is 17.6. The van der Waals surface area contributed by atoms with E-state index in [9.17, 15) is 118 Å². The Bertz CT molecular complexity index is 1170. The van der Waals surface area contributed by atoms with Crippen molar-refractivity contribution in [1.82, 2.24) is 0 Å². The molecule has 0 aromatic carbocycles. The highest BCUT2D eigenvalue weighted by atomic mass is 32.2. The lowest BCUT2D eigenvalue weighted by Gasteiger charge is -2.45. The third kappa shape index (κ3) is 4.78. The second-order valence-electron chi connectivity index (χ2n) is 7.30. The largest absolute Gasteiger partial charge is 0.460 e. The van der Waals surface area contributed by atoms with Gasteiger partial charge in [-0.1, -0.05) is 0 Å². The van der Waals surface area contributed by atoms with Gasteiger partial charge in [0.15, 0.2) is 0 Å². The first kappa shape index (κ1) is 39.9. The van der Waals surface area contributed by atoms with E-state index in [1.807, 2.05) is 0 Å². The van der Waals surface area contributed by atoms with Gasteiger partial charge in [0.1, 0.15) is 0 Å². The molecule has 0 heterocycles. The number of rotatable bonds is 11. The normalized spacial score (nSPS) is 17.4. The molecule has 42 heavy (non-hydrogen) atoms. The number of allylic oxidation sites excluding steroid dienone is 1. The zero-order valence-electron chi connectivity index (χ0n) is 17.6. The summed E-state index contributed by atoms with van der Waals surface area (Å²) in [5, 5.41) is -4.72. The summed E-state index contributed by atoms with van der Waals surface area (Å²) in [6, 6.07) is 0. The van der Waals surface area contributed by atoms with Crippen LogP contribution in [0.25, 0.3) is 0 Å². The SMILES string of the molecule is O=S(=O)(O)/C(F)=C(\F)C(F)(F)C(F)(F)C(F)(F)C(F)(F)C(F)(F)C(F)(F)C(F)(F)C(F)(F)C(F)(F)C(F)(F)C(F)(F)F. The van der Waals surface area contributed by atoms with E-state index >= 15 is 0 Å². The smallest absolute Gasteiger partial charge is 0.280 e. The van der Waals surface area contributed by atoms with Gasteiger partial charge in [-0.15, -0.1) is 0 Å². The molecule has 0 radical (unpaired) electrons. The molecule has 3 nitrogen and oxygen atoms in total. The summed E-state index contributed by atoms with van der Waals surface area (Å²) in [5.41, 5.74) is 0. The Kier molecular flexibility index (Phi) is 9.21. The van der Waals surface area contributed by atoms with Crippen LogP contribution < -0.4 is 0 Å². The fourth-order valence-corrected chi connectivity index (χ4v) is 2.48. The first-order valence-electron chi connectivity index (χ1n) is 8.44. The Labute approximate surface area is 210 Å². The number of alkyl halides is 23. The molecule has 0 saturated carbocycles. The molecule has 29 heteroatoms. The zero-order chi connectivity index (χ0) is 35.2. The number of halogens is 25. The van der Waals surface area contributed by atoms with Gasteiger partial charge in [-0.2, -0.15) is 114 Å². The Morgan fingerprint density at radius 1 is 0.381 bits per heavy atom. The Morgan fingerprint density at radius 2 is 0.571 bits per heavy atom. The van der Waals surface area contributed by atoms with Crippen LogP contribution in [0.3, 0.4) is 0 Å². The van der Waals surface area contributed by atoms with Gasteiger partial charge in [-0.3, -0.25) is 4.55 Å². The molecule has 1 N–H and O–H groups in total. The fraction of sp³-hybridized carbons (Fsp3) is 0.846. The maximum absolute atomic E-state index is 13.6. The molecule has 0 amide bonds. The minimum atomic E-state index is -9.69. The van der Waals surface area contributed by atoms with Crippen LogP contribution in [0.15, 0.2) is 11.0 Å². The van der Waals surface area contributed by atoms with Crippen LogP contribution in [0.4, 0.5) is 110 Å². The second-order valence-corrected chi connectivity index (χ2v) is 8.61. The van der Waals surface area contributed by atoms with Crippen LogP contribution in [-0.4, -0.2) is 78.4 Å². The van der Waals surface area contributed by atoms with Crippen LogP contribution in [0.5, 0.6) is 0 Å². The van der Waals surface area contributed by atoms with E-state index in [4.69, 9.17) is 4.55 Å². The molecule has 0 spiro atoms. The third-order valence-corrected chi connectivity index (χ3v) is 5.21. The van der Waals surface area contributed by atoms with Crippen molar-refractivity contribution in [3.8, 4) is 0 Å². The third-order valence-electron chi connectivity index (χ3n) is 4.58. The highest BCUT2D eigenvalue weighted by molar-refractivity contribution is 7.89. The lowest BCUT2D eigenvalue weighted by Crippen LogP contribution is -2.77. The number of hydrogen-bond donors (Lipinski definition) is 1. The van der Waals surface area contributed by atoms with Gasteiger partial charge in [-0.05, 0) is 0 Å². The van der Waals surface area contributed by atoms with Gasteiger partial charge in [-0.25, -0.2) is 4.39 Å². The molecule has 0 aliphatic heterocycles. The summed E-state index contributed by atoms with van der Waals surface area (Å²) in [4.78, 5) is 0.